The number of benzene rings is 2. The standard InChI is InChI=1S/C20H21F3N2O3S/c21-20(22,23)18-7-3-2-6-17(18)19(26)24-14-15-8-10-16(11-9-15)29(27,28)25-12-4-1-5-13-25/h2-3,6-11H,1,4-5,12-14H2,(H,24,26). The number of carbonyl (C=O) groups is 1. The fraction of sp³-hybridized carbons (Fsp3) is 0.350. The first-order valence-electron chi connectivity index (χ1n) is 9.23. The van der Waals surface area contributed by atoms with Crippen molar-refractivity contribution in [1.29, 1.82) is 0 Å². The van der Waals surface area contributed by atoms with E-state index in [1.54, 1.807) is 12.1 Å². The van der Waals surface area contributed by atoms with Crippen molar-refractivity contribution in [2.75, 3.05) is 13.1 Å². The third-order valence-electron chi connectivity index (χ3n) is 4.81. The molecule has 3 rings (SSSR count). The Morgan fingerprint density at radius 1 is 0.966 bits per heavy atom. The Bertz CT molecular complexity index is 967. The van der Waals surface area contributed by atoms with Gasteiger partial charge in [0.1, 0.15) is 0 Å². The molecular weight excluding hydrogens is 405 g/mol. The summed E-state index contributed by atoms with van der Waals surface area (Å²) in [6.45, 7) is 0.979. The normalized spacial score (nSPS) is 15.8. The molecule has 1 heterocycles. The zero-order chi connectivity index (χ0) is 21.1. The Morgan fingerprint density at radius 2 is 1.59 bits per heavy atom. The van der Waals surface area contributed by atoms with Crippen molar-refractivity contribution < 1.29 is 26.4 Å². The second kappa shape index (κ2) is 8.54. The third kappa shape index (κ3) is 4.97. The van der Waals surface area contributed by atoms with Crippen molar-refractivity contribution in [1.82, 2.24) is 9.62 Å². The molecule has 0 spiro atoms. The molecule has 0 bridgehead atoms. The maximum absolute atomic E-state index is 13.0. The molecule has 2 aromatic carbocycles. The lowest BCUT2D eigenvalue weighted by Gasteiger charge is -2.25. The number of rotatable bonds is 5. The number of alkyl halides is 3. The quantitative estimate of drug-likeness (QED) is 0.791. The molecule has 0 radical (unpaired) electrons. The second-order valence-electron chi connectivity index (χ2n) is 6.83. The van der Waals surface area contributed by atoms with Gasteiger partial charge in [0.15, 0.2) is 0 Å². The van der Waals surface area contributed by atoms with Crippen LogP contribution in [0.3, 0.4) is 0 Å². The van der Waals surface area contributed by atoms with E-state index in [0.29, 0.717) is 18.7 Å². The van der Waals surface area contributed by atoms with Crippen LogP contribution in [0, 0.1) is 0 Å². The molecule has 1 aliphatic rings. The van der Waals surface area contributed by atoms with E-state index in [1.165, 1.54) is 28.6 Å². The molecule has 1 saturated heterocycles. The van der Waals surface area contributed by atoms with Crippen LogP contribution in [0.25, 0.3) is 0 Å². The van der Waals surface area contributed by atoms with E-state index in [4.69, 9.17) is 0 Å². The minimum Gasteiger partial charge on any atom is -0.348 e. The van der Waals surface area contributed by atoms with E-state index in [0.717, 1.165) is 31.4 Å². The summed E-state index contributed by atoms with van der Waals surface area (Å²) in [5.41, 5.74) is -0.870. The molecule has 1 fully saturated rings. The third-order valence-corrected chi connectivity index (χ3v) is 6.72. The monoisotopic (exact) mass is 426 g/mol. The van der Waals surface area contributed by atoms with Crippen LogP contribution < -0.4 is 5.32 Å². The molecule has 1 amide bonds. The topological polar surface area (TPSA) is 66.5 Å². The van der Waals surface area contributed by atoms with Gasteiger partial charge in [-0.15, -0.1) is 0 Å². The van der Waals surface area contributed by atoms with Crippen molar-refractivity contribution in [3.63, 3.8) is 0 Å². The lowest BCUT2D eigenvalue weighted by atomic mass is 10.1. The highest BCUT2D eigenvalue weighted by atomic mass is 32.2. The van der Waals surface area contributed by atoms with Gasteiger partial charge in [0.05, 0.1) is 16.0 Å². The van der Waals surface area contributed by atoms with Crippen LogP contribution in [0.2, 0.25) is 0 Å². The molecule has 29 heavy (non-hydrogen) atoms. The number of amides is 1. The second-order valence-corrected chi connectivity index (χ2v) is 8.77. The maximum Gasteiger partial charge on any atom is 0.417 e. The van der Waals surface area contributed by atoms with Crippen molar-refractivity contribution in [3.05, 3.63) is 65.2 Å². The van der Waals surface area contributed by atoms with Crippen LogP contribution in [0.5, 0.6) is 0 Å². The number of piperidine rings is 1. The summed E-state index contributed by atoms with van der Waals surface area (Å²) >= 11 is 0. The zero-order valence-corrected chi connectivity index (χ0v) is 16.4. The van der Waals surface area contributed by atoms with Gasteiger partial charge in [-0.25, -0.2) is 8.42 Å². The highest BCUT2D eigenvalue weighted by Gasteiger charge is 2.34. The summed E-state index contributed by atoms with van der Waals surface area (Å²) in [6.07, 6.45) is -1.94. The minimum atomic E-state index is -4.63. The summed E-state index contributed by atoms with van der Waals surface area (Å²) in [7, 11) is -3.55. The van der Waals surface area contributed by atoms with Gasteiger partial charge in [-0.2, -0.15) is 17.5 Å². The Balaban J connectivity index is 1.67. The summed E-state index contributed by atoms with van der Waals surface area (Å²) in [5.74, 6) is -0.845. The number of nitrogens with one attached hydrogen (secondary N) is 1. The van der Waals surface area contributed by atoms with Crippen LogP contribution in [0.4, 0.5) is 13.2 Å². The van der Waals surface area contributed by atoms with Crippen LogP contribution in [0.15, 0.2) is 53.4 Å². The first kappa shape index (κ1) is 21.3. The number of hydrogen-bond donors (Lipinski definition) is 1. The molecule has 1 aliphatic heterocycles. The summed E-state index contributed by atoms with van der Waals surface area (Å²) in [5, 5.41) is 2.45. The fourth-order valence-corrected chi connectivity index (χ4v) is 4.76. The molecule has 0 aliphatic carbocycles. The van der Waals surface area contributed by atoms with Crippen LogP contribution >= 0.6 is 0 Å². The van der Waals surface area contributed by atoms with Gasteiger partial charge >= 0.3 is 6.18 Å². The Morgan fingerprint density at radius 3 is 2.21 bits per heavy atom. The summed E-state index contributed by atoms with van der Waals surface area (Å²) in [6, 6.07) is 10.6. The van der Waals surface area contributed by atoms with Gasteiger partial charge in [0, 0.05) is 19.6 Å². The number of hydrogen-bond acceptors (Lipinski definition) is 3. The largest absolute Gasteiger partial charge is 0.417 e. The average molecular weight is 426 g/mol. The van der Waals surface area contributed by atoms with Crippen molar-refractivity contribution in [2.24, 2.45) is 0 Å². The molecule has 1 N–H and O–H groups in total. The molecule has 9 heteroatoms. The minimum absolute atomic E-state index is 0.0188. The van der Waals surface area contributed by atoms with Crippen molar-refractivity contribution in [3.8, 4) is 0 Å². The molecule has 0 atom stereocenters. The predicted molar refractivity (Wildman–Crippen MR) is 102 cm³/mol. The summed E-state index contributed by atoms with van der Waals surface area (Å²) in [4.78, 5) is 12.4. The van der Waals surface area contributed by atoms with E-state index in [-0.39, 0.29) is 11.4 Å². The molecule has 2 aromatic rings. The smallest absolute Gasteiger partial charge is 0.348 e. The Labute approximate surface area is 167 Å². The molecule has 5 nitrogen and oxygen atoms in total. The highest BCUT2D eigenvalue weighted by Crippen LogP contribution is 2.31. The van der Waals surface area contributed by atoms with E-state index in [9.17, 15) is 26.4 Å². The Kier molecular flexibility index (Phi) is 6.28. The van der Waals surface area contributed by atoms with Crippen molar-refractivity contribution in [2.45, 2.75) is 36.9 Å². The van der Waals surface area contributed by atoms with Crippen molar-refractivity contribution >= 4 is 15.9 Å². The van der Waals surface area contributed by atoms with E-state index in [2.05, 4.69) is 5.32 Å². The zero-order valence-electron chi connectivity index (χ0n) is 15.6. The van der Waals surface area contributed by atoms with Gasteiger partial charge in [-0.05, 0) is 42.7 Å². The first-order chi connectivity index (χ1) is 13.7. The lowest BCUT2D eigenvalue weighted by molar-refractivity contribution is -0.137. The number of sulfonamides is 1. The van der Waals surface area contributed by atoms with E-state index in [1.807, 2.05) is 0 Å². The fourth-order valence-electron chi connectivity index (χ4n) is 3.24. The van der Waals surface area contributed by atoms with Gasteiger partial charge in [0.2, 0.25) is 10.0 Å². The maximum atomic E-state index is 13.0. The first-order valence-corrected chi connectivity index (χ1v) is 10.7. The predicted octanol–water partition coefficient (Wildman–Crippen LogP) is 3.81. The highest BCUT2D eigenvalue weighted by molar-refractivity contribution is 7.89. The van der Waals surface area contributed by atoms with Crippen LogP contribution in [-0.4, -0.2) is 31.7 Å². The number of nitrogens with zero attached hydrogens (tertiary/aromatic N) is 1. The number of carbonyl (C=O) groups excluding carboxylic acids is 1. The lowest BCUT2D eigenvalue weighted by Crippen LogP contribution is -2.35. The van der Waals surface area contributed by atoms with Gasteiger partial charge in [-0.3, -0.25) is 4.79 Å². The van der Waals surface area contributed by atoms with Gasteiger partial charge < -0.3 is 5.32 Å². The van der Waals surface area contributed by atoms with Crippen LogP contribution in [-0.2, 0) is 22.7 Å². The number of halogens is 3. The molecule has 0 aromatic heterocycles. The van der Waals surface area contributed by atoms with E-state index < -0.39 is 33.2 Å². The molecule has 0 unspecified atom stereocenters. The Hall–Kier alpha value is -2.39. The molecular formula is C20H21F3N2O3S. The molecule has 156 valence electrons. The average Bonchev–Trinajstić information content (AvgIpc) is 2.72. The van der Waals surface area contributed by atoms with Crippen LogP contribution in [0.1, 0.15) is 40.7 Å². The summed E-state index contributed by atoms with van der Waals surface area (Å²) < 4.78 is 65.8. The van der Waals surface area contributed by atoms with E-state index >= 15 is 0 Å². The molecule has 0 saturated carbocycles. The van der Waals surface area contributed by atoms with Gasteiger partial charge in [-0.1, -0.05) is 30.7 Å². The van der Waals surface area contributed by atoms with Gasteiger partial charge in [0.25, 0.3) is 5.91 Å². The SMILES string of the molecule is O=C(NCc1ccc(S(=O)(=O)N2CCCCC2)cc1)c1ccccc1C(F)(F)F.